The van der Waals surface area contributed by atoms with E-state index in [2.05, 4.69) is 25.4 Å². The number of aromatic amines is 1. The Morgan fingerprint density at radius 3 is 3.05 bits per heavy atom. The Morgan fingerprint density at radius 2 is 2.30 bits per heavy atom. The van der Waals surface area contributed by atoms with Crippen molar-refractivity contribution in [1.82, 2.24) is 20.1 Å². The number of nitrogen functional groups attached to an aromatic ring is 1. The summed E-state index contributed by atoms with van der Waals surface area (Å²) in [6, 6.07) is 3.30. The third-order valence-corrected chi connectivity index (χ3v) is 2.82. The van der Waals surface area contributed by atoms with Gasteiger partial charge in [-0.05, 0) is 12.1 Å². The Morgan fingerprint density at radius 1 is 1.45 bits per heavy atom. The van der Waals surface area contributed by atoms with Crippen molar-refractivity contribution in [2.45, 2.75) is 13.5 Å². The van der Waals surface area contributed by atoms with Crippen LogP contribution < -0.4 is 16.6 Å². The minimum absolute atomic E-state index is 0.220. The van der Waals surface area contributed by atoms with Crippen LogP contribution in [0, 0.1) is 6.92 Å². The number of rotatable bonds is 3. The molecule has 0 aliphatic rings. The monoisotopic (exact) mass is 272 g/mol. The number of anilines is 2. The topological polar surface area (TPSA) is 123 Å². The maximum absolute atomic E-state index is 11.6. The van der Waals surface area contributed by atoms with Crippen molar-refractivity contribution in [2.75, 3.05) is 11.1 Å². The summed E-state index contributed by atoms with van der Waals surface area (Å²) in [5.41, 5.74) is 7.38. The number of nitrogens with one attached hydrogen (secondary N) is 2. The van der Waals surface area contributed by atoms with Gasteiger partial charge in [0.05, 0.1) is 35.1 Å². The molecule has 0 saturated heterocycles. The Balaban J connectivity index is 1.91. The molecule has 2 aromatic heterocycles. The second-order valence-electron chi connectivity index (χ2n) is 4.27. The van der Waals surface area contributed by atoms with E-state index >= 15 is 0 Å². The number of benzene rings is 1. The fourth-order valence-corrected chi connectivity index (χ4v) is 1.87. The van der Waals surface area contributed by atoms with Gasteiger partial charge >= 0.3 is 0 Å². The van der Waals surface area contributed by atoms with Gasteiger partial charge in [0.1, 0.15) is 0 Å². The van der Waals surface area contributed by atoms with E-state index < -0.39 is 0 Å². The van der Waals surface area contributed by atoms with E-state index in [0.717, 1.165) is 0 Å². The van der Waals surface area contributed by atoms with Crippen LogP contribution in [0.3, 0.4) is 0 Å². The predicted octanol–water partition coefficient (Wildman–Crippen LogP) is 0.809. The Kier molecular flexibility index (Phi) is 2.82. The summed E-state index contributed by atoms with van der Waals surface area (Å²) in [5, 5.41) is 7.32. The van der Waals surface area contributed by atoms with Gasteiger partial charge in [-0.1, -0.05) is 5.16 Å². The first-order valence-electron chi connectivity index (χ1n) is 5.93. The third-order valence-electron chi connectivity index (χ3n) is 2.82. The number of hydrogen-bond donors (Lipinski definition) is 3. The van der Waals surface area contributed by atoms with Gasteiger partial charge in [0.2, 0.25) is 5.89 Å². The van der Waals surface area contributed by atoms with Crippen LogP contribution in [0.5, 0.6) is 0 Å². The molecule has 3 rings (SSSR count). The number of nitrogens with zero attached hydrogens (tertiary/aromatic N) is 3. The molecular weight excluding hydrogens is 260 g/mol. The summed E-state index contributed by atoms with van der Waals surface area (Å²) >= 11 is 0. The lowest BCUT2D eigenvalue weighted by atomic mass is 10.2. The highest BCUT2D eigenvalue weighted by Crippen LogP contribution is 2.23. The molecule has 0 spiro atoms. The van der Waals surface area contributed by atoms with Gasteiger partial charge in [0, 0.05) is 6.92 Å². The van der Waals surface area contributed by atoms with Gasteiger partial charge in [-0.25, -0.2) is 4.98 Å². The standard InChI is InChI=1S/C12H12N6O2/c1-6-17-11(18-20-6)4-14-10-3-9-7(2-8(10)13)12(19)16-5-15-9/h2-3,5,14H,4,13H2,1H3,(H,15,16,19). The van der Waals surface area contributed by atoms with E-state index in [1.54, 1.807) is 19.1 Å². The number of nitrogens with two attached hydrogens (primary N) is 1. The Bertz CT molecular complexity index is 822. The minimum atomic E-state index is -0.220. The normalized spacial score (nSPS) is 10.8. The lowest BCUT2D eigenvalue weighted by molar-refractivity contribution is 0.388. The van der Waals surface area contributed by atoms with Gasteiger partial charge in [-0.15, -0.1) is 0 Å². The first kappa shape index (κ1) is 12.2. The van der Waals surface area contributed by atoms with Crippen LogP contribution in [-0.4, -0.2) is 20.1 Å². The third kappa shape index (κ3) is 2.18. The number of aryl methyl sites for hydroxylation is 1. The molecule has 8 nitrogen and oxygen atoms in total. The zero-order valence-corrected chi connectivity index (χ0v) is 10.7. The van der Waals surface area contributed by atoms with Gasteiger partial charge in [-0.2, -0.15) is 4.98 Å². The quantitative estimate of drug-likeness (QED) is 0.603. The summed E-state index contributed by atoms with van der Waals surface area (Å²) in [6.45, 7) is 2.09. The summed E-state index contributed by atoms with van der Waals surface area (Å²) in [7, 11) is 0. The van der Waals surface area contributed by atoms with E-state index in [1.807, 2.05) is 0 Å². The van der Waals surface area contributed by atoms with Crippen LogP contribution in [0.1, 0.15) is 11.7 Å². The first-order chi connectivity index (χ1) is 9.63. The molecule has 0 radical (unpaired) electrons. The zero-order valence-electron chi connectivity index (χ0n) is 10.7. The SMILES string of the molecule is Cc1nc(CNc2cc3nc[nH]c(=O)c3cc2N)no1. The molecule has 0 atom stereocenters. The number of H-pyrrole nitrogens is 1. The van der Waals surface area contributed by atoms with Crippen molar-refractivity contribution in [2.24, 2.45) is 0 Å². The van der Waals surface area contributed by atoms with Gasteiger partial charge in [-0.3, -0.25) is 4.79 Å². The highest BCUT2D eigenvalue weighted by atomic mass is 16.5. The molecule has 102 valence electrons. The molecule has 0 amide bonds. The summed E-state index contributed by atoms with van der Waals surface area (Å²) in [5.74, 6) is 1.03. The van der Waals surface area contributed by atoms with Crippen LogP contribution in [0.15, 0.2) is 27.8 Å². The van der Waals surface area contributed by atoms with Gasteiger partial charge in [0.15, 0.2) is 5.82 Å². The fourth-order valence-electron chi connectivity index (χ4n) is 1.87. The van der Waals surface area contributed by atoms with E-state index in [4.69, 9.17) is 10.3 Å². The van der Waals surface area contributed by atoms with Crippen molar-refractivity contribution in [3.8, 4) is 0 Å². The minimum Gasteiger partial charge on any atom is -0.397 e. The molecule has 4 N–H and O–H groups in total. The van der Waals surface area contributed by atoms with E-state index in [9.17, 15) is 4.79 Å². The smallest absolute Gasteiger partial charge is 0.258 e. The second kappa shape index (κ2) is 4.65. The molecule has 2 heterocycles. The maximum atomic E-state index is 11.6. The molecule has 3 aromatic rings. The van der Waals surface area contributed by atoms with Crippen LogP contribution in [0.4, 0.5) is 11.4 Å². The van der Waals surface area contributed by atoms with Crippen LogP contribution in [0.25, 0.3) is 10.9 Å². The van der Waals surface area contributed by atoms with E-state index in [0.29, 0.717) is 40.5 Å². The fraction of sp³-hybridized carbons (Fsp3) is 0.167. The van der Waals surface area contributed by atoms with Crippen molar-refractivity contribution in [1.29, 1.82) is 0 Å². The lowest BCUT2D eigenvalue weighted by Crippen LogP contribution is -2.09. The van der Waals surface area contributed by atoms with Crippen molar-refractivity contribution in [3.05, 3.63) is 40.5 Å². The first-order valence-corrected chi connectivity index (χ1v) is 5.93. The van der Waals surface area contributed by atoms with Crippen molar-refractivity contribution < 1.29 is 4.52 Å². The second-order valence-corrected chi connectivity index (χ2v) is 4.27. The van der Waals surface area contributed by atoms with E-state index in [1.165, 1.54) is 6.33 Å². The zero-order chi connectivity index (χ0) is 14.1. The Hall–Kier alpha value is -2.90. The maximum Gasteiger partial charge on any atom is 0.258 e. The van der Waals surface area contributed by atoms with Gasteiger partial charge < -0.3 is 20.6 Å². The molecule has 8 heteroatoms. The Labute approximate surface area is 113 Å². The largest absolute Gasteiger partial charge is 0.397 e. The van der Waals surface area contributed by atoms with Crippen LogP contribution >= 0.6 is 0 Å². The molecule has 0 saturated carbocycles. The average Bonchev–Trinajstić information content (AvgIpc) is 2.83. The van der Waals surface area contributed by atoms with Crippen molar-refractivity contribution >= 4 is 22.3 Å². The number of aromatic nitrogens is 4. The van der Waals surface area contributed by atoms with E-state index in [-0.39, 0.29) is 5.56 Å². The number of hydrogen-bond acceptors (Lipinski definition) is 7. The molecule has 0 fully saturated rings. The van der Waals surface area contributed by atoms with Crippen LogP contribution in [0.2, 0.25) is 0 Å². The molecule has 0 aliphatic carbocycles. The molecule has 0 unspecified atom stereocenters. The molecule has 1 aromatic carbocycles. The highest BCUT2D eigenvalue weighted by Gasteiger charge is 2.07. The number of fused-ring (bicyclic) bond motifs is 1. The molecule has 0 bridgehead atoms. The predicted molar refractivity (Wildman–Crippen MR) is 73.1 cm³/mol. The van der Waals surface area contributed by atoms with Crippen molar-refractivity contribution in [3.63, 3.8) is 0 Å². The molecular formula is C12H12N6O2. The summed E-state index contributed by atoms with van der Waals surface area (Å²) in [4.78, 5) is 22.3. The summed E-state index contributed by atoms with van der Waals surface area (Å²) in [6.07, 6.45) is 1.35. The molecule has 0 aliphatic heterocycles. The average molecular weight is 272 g/mol. The summed E-state index contributed by atoms with van der Waals surface area (Å²) < 4.78 is 4.88. The lowest BCUT2D eigenvalue weighted by Gasteiger charge is -2.08. The van der Waals surface area contributed by atoms with Gasteiger partial charge in [0.25, 0.3) is 5.56 Å². The van der Waals surface area contributed by atoms with Crippen LogP contribution in [-0.2, 0) is 6.54 Å². The highest BCUT2D eigenvalue weighted by molar-refractivity contribution is 5.88. The molecule has 20 heavy (non-hydrogen) atoms.